The quantitative estimate of drug-likeness (QED) is 0.856. The highest BCUT2D eigenvalue weighted by molar-refractivity contribution is 8.00. The highest BCUT2D eigenvalue weighted by Crippen LogP contribution is 2.22. The molecule has 0 radical (unpaired) electrons. The average Bonchev–Trinajstić information content (AvgIpc) is 2.84. The topological polar surface area (TPSA) is 63.1 Å². The molecule has 0 saturated carbocycles. The van der Waals surface area contributed by atoms with E-state index < -0.39 is 0 Å². The Bertz CT molecular complexity index is 608. The monoisotopic (exact) mass is 305 g/mol. The average molecular weight is 305 g/mol. The fraction of sp³-hybridized carbons (Fsp3) is 0.357. The fourth-order valence-corrected chi connectivity index (χ4v) is 2.47. The first-order chi connectivity index (χ1) is 9.97. The van der Waals surface area contributed by atoms with Crippen molar-refractivity contribution >= 4 is 29.0 Å². The number of benzene rings is 1. The highest BCUT2D eigenvalue weighted by Gasteiger charge is 2.17. The van der Waals surface area contributed by atoms with Gasteiger partial charge in [0.15, 0.2) is 5.16 Å². The van der Waals surface area contributed by atoms with Crippen LogP contribution in [0.4, 0.5) is 11.4 Å². The van der Waals surface area contributed by atoms with E-state index in [0.717, 1.165) is 16.5 Å². The Morgan fingerprint density at radius 2 is 2.00 bits per heavy atom. The molecule has 0 aliphatic rings. The molecule has 2 aromatic rings. The molecule has 1 aromatic heterocycles. The van der Waals surface area contributed by atoms with E-state index in [1.165, 1.54) is 11.8 Å². The SMILES string of the molecule is CC(Sc1nncn1C)C(=O)Nc1ccc(N(C)C)cc1. The summed E-state index contributed by atoms with van der Waals surface area (Å²) in [6, 6.07) is 7.73. The zero-order chi connectivity index (χ0) is 15.4. The zero-order valence-corrected chi connectivity index (χ0v) is 13.4. The molecule has 6 nitrogen and oxygen atoms in total. The standard InChI is InChI=1S/C14H19N5OS/c1-10(21-14-17-15-9-19(14)4)13(20)16-11-5-7-12(8-6-11)18(2)3/h5-10H,1-4H3,(H,16,20). The number of aryl methyl sites for hydroxylation is 1. The van der Waals surface area contributed by atoms with Gasteiger partial charge >= 0.3 is 0 Å². The molecule has 0 spiro atoms. The smallest absolute Gasteiger partial charge is 0.237 e. The zero-order valence-electron chi connectivity index (χ0n) is 12.6. The first-order valence-corrected chi connectivity index (χ1v) is 7.44. The summed E-state index contributed by atoms with van der Waals surface area (Å²) in [7, 11) is 5.81. The number of hydrogen-bond donors (Lipinski definition) is 1. The van der Waals surface area contributed by atoms with Crippen LogP contribution >= 0.6 is 11.8 Å². The second-order valence-electron chi connectivity index (χ2n) is 4.92. The predicted molar refractivity (Wildman–Crippen MR) is 85.7 cm³/mol. The molecule has 1 amide bonds. The Hall–Kier alpha value is -2.02. The lowest BCUT2D eigenvalue weighted by molar-refractivity contribution is -0.115. The van der Waals surface area contributed by atoms with Crippen molar-refractivity contribution in [1.29, 1.82) is 0 Å². The van der Waals surface area contributed by atoms with Gasteiger partial charge in [0.1, 0.15) is 6.33 Å². The minimum atomic E-state index is -0.249. The van der Waals surface area contributed by atoms with Gasteiger partial charge in [-0.1, -0.05) is 11.8 Å². The van der Waals surface area contributed by atoms with Crippen LogP contribution in [-0.4, -0.2) is 40.0 Å². The molecule has 1 N–H and O–H groups in total. The maximum absolute atomic E-state index is 12.2. The van der Waals surface area contributed by atoms with Gasteiger partial charge in [0.05, 0.1) is 5.25 Å². The van der Waals surface area contributed by atoms with Gasteiger partial charge in [0.2, 0.25) is 5.91 Å². The van der Waals surface area contributed by atoms with Gasteiger partial charge in [-0.2, -0.15) is 0 Å². The number of carbonyl (C=O) groups excluding carboxylic acids is 1. The maximum atomic E-state index is 12.2. The molecule has 1 unspecified atom stereocenters. The summed E-state index contributed by atoms with van der Waals surface area (Å²) in [5, 5.41) is 11.1. The van der Waals surface area contributed by atoms with Crippen molar-refractivity contribution in [2.24, 2.45) is 7.05 Å². The third-order valence-corrected chi connectivity index (χ3v) is 4.12. The van der Waals surface area contributed by atoms with Crippen molar-refractivity contribution in [1.82, 2.24) is 14.8 Å². The van der Waals surface area contributed by atoms with Gasteiger partial charge in [0.25, 0.3) is 0 Å². The molecule has 2 rings (SSSR count). The normalized spacial score (nSPS) is 12.0. The van der Waals surface area contributed by atoms with Crippen LogP contribution in [-0.2, 0) is 11.8 Å². The minimum absolute atomic E-state index is 0.0550. The fourth-order valence-electron chi connectivity index (χ4n) is 1.68. The number of thioether (sulfide) groups is 1. The van der Waals surface area contributed by atoms with Crippen LogP contribution in [0.3, 0.4) is 0 Å². The van der Waals surface area contributed by atoms with Crippen LogP contribution in [0.5, 0.6) is 0 Å². The molecule has 1 heterocycles. The van der Waals surface area contributed by atoms with E-state index in [4.69, 9.17) is 0 Å². The van der Waals surface area contributed by atoms with Crippen LogP contribution in [0.25, 0.3) is 0 Å². The molecular weight excluding hydrogens is 286 g/mol. The summed E-state index contributed by atoms with van der Waals surface area (Å²) in [6.45, 7) is 1.85. The predicted octanol–water partition coefficient (Wildman–Crippen LogP) is 2.00. The van der Waals surface area contributed by atoms with Gasteiger partial charge < -0.3 is 14.8 Å². The van der Waals surface area contributed by atoms with E-state index in [1.54, 1.807) is 10.9 Å². The second-order valence-corrected chi connectivity index (χ2v) is 6.22. The van der Waals surface area contributed by atoms with Gasteiger partial charge in [0, 0.05) is 32.5 Å². The van der Waals surface area contributed by atoms with Crippen molar-refractivity contribution in [3.05, 3.63) is 30.6 Å². The van der Waals surface area contributed by atoms with Crippen LogP contribution < -0.4 is 10.2 Å². The number of hydrogen-bond acceptors (Lipinski definition) is 5. The van der Waals surface area contributed by atoms with E-state index in [1.807, 2.05) is 57.2 Å². The number of anilines is 2. The molecule has 1 atom stereocenters. The Balaban J connectivity index is 1.95. The number of carbonyl (C=O) groups is 1. The summed E-state index contributed by atoms with van der Waals surface area (Å²) >= 11 is 1.38. The summed E-state index contributed by atoms with van der Waals surface area (Å²) in [5.74, 6) is -0.0550. The first kappa shape index (κ1) is 15.4. The molecule has 0 aliphatic heterocycles. The highest BCUT2D eigenvalue weighted by atomic mass is 32.2. The molecule has 0 bridgehead atoms. The lowest BCUT2D eigenvalue weighted by Crippen LogP contribution is -2.22. The summed E-state index contributed by atoms with van der Waals surface area (Å²) in [6.07, 6.45) is 1.62. The molecule has 21 heavy (non-hydrogen) atoms. The van der Waals surface area contributed by atoms with E-state index in [2.05, 4.69) is 15.5 Å². The number of aromatic nitrogens is 3. The largest absolute Gasteiger partial charge is 0.378 e. The molecular formula is C14H19N5OS. The van der Waals surface area contributed by atoms with Crippen molar-refractivity contribution in [2.45, 2.75) is 17.3 Å². The molecule has 0 fully saturated rings. The van der Waals surface area contributed by atoms with Crippen LogP contribution in [0, 0.1) is 0 Å². The minimum Gasteiger partial charge on any atom is -0.378 e. The second kappa shape index (κ2) is 6.62. The number of nitrogens with zero attached hydrogens (tertiary/aromatic N) is 4. The lowest BCUT2D eigenvalue weighted by Gasteiger charge is -2.14. The summed E-state index contributed by atoms with van der Waals surface area (Å²) in [4.78, 5) is 14.2. The van der Waals surface area contributed by atoms with Crippen molar-refractivity contribution in [2.75, 3.05) is 24.3 Å². The summed E-state index contributed by atoms with van der Waals surface area (Å²) in [5.41, 5.74) is 1.88. The maximum Gasteiger partial charge on any atom is 0.237 e. The lowest BCUT2D eigenvalue weighted by atomic mass is 10.2. The van der Waals surface area contributed by atoms with E-state index >= 15 is 0 Å². The first-order valence-electron chi connectivity index (χ1n) is 6.56. The molecule has 7 heteroatoms. The van der Waals surface area contributed by atoms with Crippen molar-refractivity contribution < 1.29 is 4.79 Å². The Morgan fingerprint density at radius 3 is 2.52 bits per heavy atom. The Kier molecular flexibility index (Phi) is 4.85. The van der Waals surface area contributed by atoms with Crippen molar-refractivity contribution in [3.8, 4) is 0 Å². The van der Waals surface area contributed by atoms with Gasteiger partial charge in [-0.25, -0.2) is 0 Å². The summed E-state index contributed by atoms with van der Waals surface area (Å²) < 4.78 is 1.79. The molecule has 112 valence electrons. The van der Waals surface area contributed by atoms with Gasteiger partial charge in [-0.15, -0.1) is 10.2 Å². The van der Waals surface area contributed by atoms with Crippen LogP contribution in [0.2, 0.25) is 0 Å². The number of amides is 1. The third kappa shape index (κ3) is 3.98. The molecule has 0 saturated heterocycles. The number of rotatable bonds is 5. The van der Waals surface area contributed by atoms with Gasteiger partial charge in [-0.3, -0.25) is 4.79 Å². The Morgan fingerprint density at radius 1 is 1.33 bits per heavy atom. The van der Waals surface area contributed by atoms with Crippen molar-refractivity contribution in [3.63, 3.8) is 0 Å². The molecule has 0 aliphatic carbocycles. The van der Waals surface area contributed by atoms with E-state index in [9.17, 15) is 4.79 Å². The van der Waals surface area contributed by atoms with Crippen LogP contribution in [0.1, 0.15) is 6.92 Å². The Labute approximate surface area is 128 Å². The third-order valence-electron chi connectivity index (χ3n) is 2.97. The van der Waals surface area contributed by atoms with E-state index in [-0.39, 0.29) is 11.2 Å². The molecule has 1 aromatic carbocycles. The van der Waals surface area contributed by atoms with Crippen LogP contribution in [0.15, 0.2) is 35.7 Å². The van der Waals surface area contributed by atoms with Gasteiger partial charge in [-0.05, 0) is 31.2 Å². The number of nitrogens with one attached hydrogen (secondary N) is 1. The van der Waals surface area contributed by atoms with E-state index in [0.29, 0.717) is 0 Å².